The van der Waals surface area contributed by atoms with E-state index >= 15 is 0 Å². The molecular weight excluding hydrogens is 466 g/mol. The zero-order valence-electron chi connectivity index (χ0n) is 21.6. The molecule has 1 saturated heterocycles. The summed E-state index contributed by atoms with van der Waals surface area (Å²) in [6.45, 7) is 7.09. The van der Waals surface area contributed by atoms with Gasteiger partial charge in [0.2, 0.25) is 0 Å². The van der Waals surface area contributed by atoms with E-state index in [1.54, 1.807) is 21.9 Å². The van der Waals surface area contributed by atoms with Crippen molar-refractivity contribution < 1.29 is 19.1 Å². The van der Waals surface area contributed by atoms with Gasteiger partial charge in [0, 0.05) is 25.2 Å². The van der Waals surface area contributed by atoms with E-state index < -0.39 is 5.60 Å². The van der Waals surface area contributed by atoms with E-state index in [-0.39, 0.29) is 23.9 Å². The van der Waals surface area contributed by atoms with Crippen LogP contribution < -0.4 is 5.32 Å². The highest BCUT2D eigenvalue weighted by Crippen LogP contribution is 2.32. The molecule has 5 rings (SSSR count). The maximum absolute atomic E-state index is 13.6. The van der Waals surface area contributed by atoms with Gasteiger partial charge in [-0.25, -0.2) is 4.79 Å². The second kappa shape index (κ2) is 9.88. The molecule has 0 aliphatic carbocycles. The normalized spacial score (nSPS) is 17.6. The molecule has 3 amide bonds. The lowest BCUT2D eigenvalue weighted by Gasteiger charge is -2.38. The molecule has 0 spiro atoms. The lowest BCUT2D eigenvalue weighted by Crippen LogP contribution is -2.51. The Morgan fingerprint density at radius 3 is 2.57 bits per heavy atom. The quantitative estimate of drug-likeness (QED) is 0.489. The van der Waals surface area contributed by atoms with Crippen LogP contribution in [0.2, 0.25) is 0 Å². The summed E-state index contributed by atoms with van der Waals surface area (Å²) in [6, 6.07) is 18.8. The van der Waals surface area contributed by atoms with Gasteiger partial charge in [-0.1, -0.05) is 48.5 Å². The van der Waals surface area contributed by atoms with Crippen molar-refractivity contribution in [2.45, 2.75) is 58.2 Å². The van der Waals surface area contributed by atoms with Gasteiger partial charge in [0.25, 0.3) is 11.8 Å². The number of benzene rings is 3. The van der Waals surface area contributed by atoms with Gasteiger partial charge in [-0.2, -0.15) is 0 Å². The molecule has 1 N–H and O–H groups in total. The summed E-state index contributed by atoms with van der Waals surface area (Å²) in [5.74, 6) is -0.377. The van der Waals surface area contributed by atoms with E-state index in [1.165, 1.54) is 0 Å². The first-order chi connectivity index (χ1) is 17.7. The lowest BCUT2D eigenvalue weighted by atomic mass is 10.0. The van der Waals surface area contributed by atoms with Crippen LogP contribution in [0.15, 0.2) is 60.7 Å². The molecule has 0 radical (unpaired) electrons. The first kappa shape index (κ1) is 24.8. The fourth-order valence-electron chi connectivity index (χ4n) is 5.29. The molecule has 7 heteroatoms. The van der Waals surface area contributed by atoms with Gasteiger partial charge in [0.1, 0.15) is 5.60 Å². The highest BCUT2D eigenvalue weighted by atomic mass is 16.6. The Bertz CT molecular complexity index is 1360. The number of ether oxygens (including phenoxy) is 1. The van der Waals surface area contributed by atoms with Crippen molar-refractivity contribution >= 4 is 34.4 Å². The maximum Gasteiger partial charge on any atom is 0.410 e. The molecule has 37 heavy (non-hydrogen) atoms. The number of nitrogens with zero attached hydrogens (tertiary/aromatic N) is 2. The highest BCUT2D eigenvalue weighted by Gasteiger charge is 2.36. The minimum atomic E-state index is -0.573. The van der Waals surface area contributed by atoms with Crippen LogP contribution in [0.3, 0.4) is 0 Å². The minimum Gasteiger partial charge on any atom is -0.444 e. The number of hydrogen-bond acceptors (Lipinski definition) is 4. The number of carbonyl (C=O) groups excluding carboxylic acids is 3. The number of anilines is 1. The van der Waals surface area contributed by atoms with Crippen LogP contribution in [0.5, 0.6) is 0 Å². The monoisotopic (exact) mass is 499 g/mol. The number of carbonyl (C=O) groups is 3. The Hall–Kier alpha value is -3.87. The largest absolute Gasteiger partial charge is 0.444 e. The number of rotatable bonds is 4. The molecule has 2 aliphatic heterocycles. The SMILES string of the molecule is CC(C)(C)OC(=O)N1CCCCC1CN1Cc2cccc(NC(=O)c3cccc4ccccc34)c2C1=O. The highest BCUT2D eigenvalue weighted by molar-refractivity contribution is 6.15. The first-order valence-corrected chi connectivity index (χ1v) is 12.9. The van der Waals surface area contributed by atoms with E-state index in [0.29, 0.717) is 36.4 Å². The van der Waals surface area contributed by atoms with E-state index in [2.05, 4.69) is 5.32 Å². The summed E-state index contributed by atoms with van der Waals surface area (Å²) in [5, 5.41) is 4.83. The predicted octanol–water partition coefficient (Wildman–Crippen LogP) is 5.84. The summed E-state index contributed by atoms with van der Waals surface area (Å²) in [5.41, 5.74) is 1.90. The third kappa shape index (κ3) is 5.17. The molecule has 3 aromatic rings. The number of piperidine rings is 1. The number of amides is 3. The Balaban J connectivity index is 1.34. The molecule has 2 heterocycles. The molecule has 2 aliphatic rings. The predicted molar refractivity (Wildman–Crippen MR) is 144 cm³/mol. The maximum atomic E-state index is 13.6. The van der Waals surface area contributed by atoms with Crippen LogP contribution in [0.1, 0.15) is 66.3 Å². The average Bonchev–Trinajstić information content (AvgIpc) is 3.18. The Labute approximate surface area is 217 Å². The molecule has 0 bridgehead atoms. The van der Waals surface area contributed by atoms with Gasteiger partial charge in [0.05, 0.1) is 17.3 Å². The molecular formula is C30H33N3O4. The summed E-state index contributed by atoms with van der Waals surface area (Å²) >= 11 is 0. The zero-order chi connectivity index (χ0) is 26.2. The van der Waals surface area contributed by atoms with Gasteiger partial charge in [0.15, 0.2) is 0 Å². The first-order valence-electron chi connectivity index (χ1n) is 12.9. The van der Waals surface area contributed by atoms with Crippen molar-refractivity contribution in [3.05, 3.63) is 77.4 Å². The Morgan fingerprint density at radius 2 is 1.76 bits per heavy atom. The summed E-state index contributed by atoms with van der Waals surface area (Å²) in [6.07, 6.45) is 2.42. The fourth-order valence-corrected chi connectivity index (χ4v) is 5.29. The minimum absolute atomic E-state index is 0.101. The third-order valence-electron chi connectivity index (χ3n) is 6.98. The Kier molecular flexibility index (Phi) is 6.63. The molecule has 7 nitrogen and oxygen atoms in total. The smallest absolute Gasteiger partial charge is 0.410 e. The zero-order valence-corrected chi connectivity index (χ0v) is 21.6. The van der Waals surface area contributed by atoms with E-state index in [1.807, 2.05) is 69.3 Å². The molecule has 1 fully saturated rings. The number of fused-ring (bicyclic) bond motifs is 2. The van der Waals surface area contributed by atoms with Crippen molar-refractivity contribution in [1.82, 2.24) is 9.80 Å². The molecule has 1 atom stereocenters. The topological polar surface area (TPSA) is 79.0 Å². The molecule has 0 aromatic heterocycles. The summed E-state index contributed by atoms with van der Waals surface area (Å²) < 4.78 is 5.63. The van der Waals surface area contributed by atoms with Crippen molar-refractivity contribution in [3.8, 4) is 0 Å². The van der Waals surface area contributed by atoms with Gasteiger partial charge >= 0.3 is 6.09 Å². The number of hydrogen-bond donors (Lipinski definition) is 1. The van der Waals surface area contributed by atoms with Gasteiger partial charge in [-0.3, -0.25) is 9.59 Å². The summed E-state index contributed by atoms with van der Waals surface area (Å²) in [7, 11) is 0. The van der Waals surface area contributed by atoms with Crippen LogP contribution in [0.25, 0.3) is 10.8 Å². The van der Waals surface area contributed by atoms with Crippen molar-refractivity contribution in [2.24, 2.45) is 0 Å². The standard InChI is InChI=1S/C30H33N3O4/c1-30(2,3)37-29(36)33-17-7-6-13-22(33)19-32-18-21-12-9-16-25(26(21)28(32)35)31-27(34)24-15-8-11-20-10-4-5-14-23(20)24/h4-5,8-12,14-16,22H,6-7,13,17-19H2,1-3H3,(H,31,34). The summed E-state index contributed by atoms with van der Waals surface area (Å²) in [4.78, 5) is 43.2. The van der Waals surface area contributed by atoms with Crippen LogP contribution >= 0.6 is 0 Å². The van der Waals surface area contributed by atoms with Gasteiger partial charge in [-0.05, 0) is 68.5 Å². The van der Waals surface area contributed by atoms with E-state index in [4.69, 9.17) is 4.74 Å². The van der Waals surface area contributed by atoms with Crippen molar-refractivity contribution in [3.63, 3.8) is 0 Å². The second-order valence-corrected chi connectivity index (χ2v) is 10.8. The fraction of sp³-hybridized carbons (Fsp3) is 0.367. The number of likely N-dealkylation sites (tertiary alicyclic amines) is 1. The van der Waals surface area contributed by atoms with Crippen LogP contribution in [0, 0.1) is 0 Å². The van der Waals surface area contributed by atoms with Gasteiger partial charge in [-0.15, -0.1) is 0 Å². The molecule has 192 valence electrons. The van der Waals surface area contributed by atoms with Crippen molar-refractivity contribution in [1.29, 1.82) is 0 Å². The van der Waals surface area contributed by atoms with Crippen LogP contribution in [-0.4, -0.2) is 52.4 Å². The molecule has 0 saturated carbocycles. The average molecular weight is 500 g/mol. The number of nitrogens with one attached hydrogen (secondary N) is 1. The molecule has 1 unspecified atom stereocenters. The Morgan fingerprint density at radius 1 is 1.00 bits per heavy atom. The third-order valence-corrected chi connectivity index (χ3v) is 6.98. The second-order valence-electron chi connectivity index (χ2n) is 10.8. The lowest BCUT2D eigenvalue weighted by molar-refractivity contribution is 0.00514. The van der Waals surface area contributed by atoms with Gasteiger partial charge < -0.3 is 19.9 Å². The molecule has 3 aromatic carbocycles. The van der Waals surface area contributed by atoms with Crippen molar-refractivity contribution in [2.75, 3.05) is 18.4 Å². The van der Waals surface area contributed by atoms with E-state index in [0.717, 1.165) is 35.6 Å². The van der Waals surface area contributed by atoms with Crippen LogP contribution in [-0.2, 0) is 11.3 Å². The van der Waals surface area contributed by atoms with E-state index in [9.17, 15) is 14.4 Å². The van der Waals surface area contributed by atoms with Crippen LogP contribution in [0.4, 0.5) is 10.5 Å².